The molecule has 1 atom stereocenters. The second-order valence-corrected chi connectivity index (χ2v) is 3.91. The normalized spacial score (nSPS) is 19.2. The minimum atomic E-state index is -0.0374. The Hall–Kier alpha value is -1.07. The number of nitrogens with zero attached hydrogens (tertiary/aromatic N) is 2. The van der Waals surface area contributed by atoms with Gasteiger partial charge in [-0.25, -0.2) is 0 Å². The van der Waals surface area contributed by atoms with Crippen LogP contribution in [-0.2, 0) is 11.8 Å². The van der Waals surface area contributed by atoms with Gasteiger partial charge in [0.25, 0.3) is 0 Å². The maximum Gasteiger partial charge on any atom is 0.241 e. The van der Waals surface area contributed by atoms with Gasteiger partial charge >= 0.3 is 0 Å². The monoisotopic (exact) mass is 244 g/mol. The zero-order valence-electron chi connectivity index (χ0n) is 9.49. The zero-order chi connectivity index (χ0) is 10.8. The minimum Gasteiger partial charge on any atom is -0.322 e. The molecule has 0 aliphatic carbocycles. The highest BCUT2D eigenvalue weighted by Gasteiger charge is 2.22. The van der Waals surface area contributed by atoms with Crippen molar-refractivity contribution in [2.75, 3.05) is 11.9 Å². The number of anilines is 1. The third-order valence-corrected chi connectivity index (χ3v) is 2.87. The first-order chi connectivity index (χ1) is 7.18. The molecule has 2 heterocycles. The van der Waals surface area contributed by atoms with Crippen molar-refractivity contribution in [2.24, 2.45) is 7.05 Å². The predicted octanol–water partition coefficient (Wildman–Crippen LogP) is 0.841. The number of amides is 1. The van der Waals surface area contributed by atoms with Crippen LogP contribution in [0.1, 0.15) is 18.5 Å². The molecule has 1 fully saturated rings. The zero-order valence-corrected chi connectivity index (χ0v) is 10.3. The van der Waals surface area contributed by atoms with Crippen molar-refractivity contribution in [2.45, 2.75) is 25.8 Å². The molecule has 1 aliphatic heterocycles. The van der Waals surface area contributed by atoms with Crippen LogP contribution in [-0.4, -0.2) is 28.3 Å². The largest absolute Gasteiger partial charge is 0.322 e. The third kappa shape index (κ3) is 2.54. The van der Waals surface area contributed by atoms with Gasteiger partial charge in [-0.3, -0.25) is 9.48 Å². The molecule has 1 unspecified atom stereocenters. The van der Waals surface area contributed by atoms with E-state index in [0.29, 0.717) is 0 Å². The Labute approximate surface area is 101 Å². The first kappa shape index (κ1) is 13.0. The summed E-state index contributed by atoms with van der Waals surface area (Å²) in [6.45, 7) is 2.87. The van der Waals surface area contributed by atoms with Crippen molar-refractivity contribution in [1.82, 2.24) is 15.1 Å². The van der Waals surface area contributed by atoms with Gasteiger partial charge in [0.2, 0.25) is 5.91 Å². The van der Waals surface area contributed by atoms with Gasteiger partial charge in [-0.15, -0.1) is 12.4 Å². The predicted molar refractivity (Wildman–Crippen MR) is 64.8 cm³/mol. The fourth-order valence-electron chi connectivity index (χ4n) is 1.75. The van der Waals surface area contributed by atoms with E-state index in [9.17, 15) is 4.79 Å². The van der Waals surface area contributed by atoms with E-state index in [1.165, 1.54) is 0 Å². The number of carbonyl (C=O) groups excluding carboxylic acids is 1. The molecule has 0 saturated carbocycles. The summed E-state index contributed by atoms with van der Waals surface area (Å²) in [6, 6.07) is -0.0374. The lowest BCUT2D eigenvalue weighted by molar-refractivity contribution is -0.117. The van der Waals surface area contributed by atoms with Crippen molar-refractivity contribution in [3.8, 4) is 0 Å². The molecule has 16 heavy (non-hydrogen) atoms. The number of aryl methyl sites for hydroxylation is 1. The van der Waals surface area contributed by atoms with Crippen LogP contribution in [0, 0.1) is 6.92 Å². The number of carbonyl (C=O) groups is 1. The quantitative estimate of drug-likeness (QED) is 0.811. The molecule has 2 rings (SSSR count). The van der Waals surface area contributed by atoms with Crippen LogP contribution in [0.4, 0.5) is 5.69 Å². The standard InChI is InChI=1S/C10H16N4O.ClH/c1-7-9(6-12-14(7)2)13-10(15)8-4-3-5-11-8;/h6,8,11H,3-5H2,1-2H3,(H,13,15);1H. The topological polar surface area (TPSA) is 59.0 Å². The van der Waals surface area contributed by atoms with Crippen molar-refractivity contribution in [3.05, 3.63) is 11.9 Å². The average Bonchev–Trinajstić information content (AvgIpc) is 2.83. The van der Waals surface area contributed by atoms with Crippen LogP contribution in [0.25, 0.3) is 0 Å². The highest BCUT2D eigenvalue weighted by atomic mass is 35.5. The molecule has 90 valence electrons. The van der Waals surface area contributed by atoms with Crippen LogP contribution in [0.15, 0.2) is 6.20 Å². The van der Waals surface area contributed by atoms with Gasteiger partial charge in [0, 0.05) is 7.05 Å². The Kier molecular flexibility index (Phi) is 4.32. The molecule has 0 spiro atoms. The lowest BCUT2D eigenvalue weighted by Gasteiger charge is -2.10. The average molecular weight is 245 g/mol. The smallest absolute Gasteiger partial charge is 0.241 e. The lowest BCUT2D eigenvalue weighted by atomic mass is 10.2. The van der Waals surface area contributed by atoms with Gasteiger partial charge in [0.05, 0.1) is 23.6 Å². The molecule has 1 saturated heterocycles. The molecule has 2 N–H and O–H groups in total. The van der Waals surface area contributed by atoms with Crippen LogP contribution in [0.5, 0.6) is 0 Å². The summed E-state index contributed by atoms with van der Waals surface area (Å²) in [5, 5.41) is 10.1. The summed E-state index contributed by atoms with van der Waals surface area (Å²) >= 11 is 0. The Morgan fingerprint density at radius 3 is 2.94 bits per heavy atom. The molecule has 0 radical (unpaired) electrons. The van der Waals surface area contributed by atoms with Crippen molar-refractivity contribution >= 4 is 24.0 Å². The molecule has 0 aromatic carbocycles. The first-order valence-corrected chi connectivity index (χ1v) is 5.21. The Morgan fingerprint density at radius 2 is 2.44 bits per heavy atom. The van der Waals surface area contributed by atoms with Gasteiger partial charge in [0.15, 0.2) is 0 Å². The van der Waals surface area contributed by atoms with E-state index in [2.05, 4.69) is 15.7 Å². The molecular formula is C10H17ClN4O. The number of halogens is 1. The van der Waals surface area contributed by atoms with Gasteiger partial charge < -0.3 is 10.6 Å². The molecule has 6 heteroatoms. The Morgan fingerprint density at radius 1 is 1.69 bits per heavy atom. The van der Waals surface area contributed by atoms with Crippen LogP contribution < -0.4 is 10.6 Å². The summed E-state index contributed by atoms with van der Waals surface area (Å²) in [4.78, 5) is 11.8. The highest BCUT2D eigenvalue weighted by Crippen LogP contribution is 2.14. The molecule has 5 nitrogen and oxygen atoms in total. The van der Waals surface area contributed by atoms with Crippen LogP contribution in [0.3, 0.4) is 0 Å². The summed E-state index contributed by atoms with van der Waals surface area (Å²) in [5.41, 5.74) is 1.78. The SMILES string of the molecule is Cc1c(NC(=O)C2CCCN2)cnn1C.Cl. The fourth-order valence-corrected chi connectivity index (χ4v) is 1.75. The lowest BCUT2D eigenvalue weighted by Crippen LogP contribution is -2.35. The van der Waals surface area contributed by atoms with E-state index >= 15 is 0 Å². The minimum absolute atomic E-state index is 0. The highest BCUT2D eigenvalue weighted by molar-refractivity contribution is 5.95. The maximum absolute atomic E-state index is 11.8. The maximum atomic E-state index is 11.8. The summed E-state index contributed by atoms with van der Waals surface area (Å²) in [7, 11) is 1.86. The number of nitrogens with one attached hydrogen (secondary N) is 2. The van der Waals surface area contributed by atoms with E-state index in [-0.39, 0.29) is 24.4 Å². The number of hydrogen-bond donors (Lipinski definition) is 2. The van der Waals surface area contributed by atoms with E-state index in [4.69, 9.17) is 0 Å². The van der Waals surface area contributed by atoms with E-state index in [1.54, 1.807) is 10.9 Å². The van der Waals surface area contributed by atoms with E-state index in [1.807, 2.05) is 14.0 Å². The Bertz CT molecular complexity index is 371. The van der Waals surface area contributed by atoms with Crippen LogP contribution >= 0.6 is 12.4 Å². The molecule has 1 amide bonds. The summed E-state index contributed by atoms with van der Waals surface area (Å²) in [5.74, 6) is 0.0450. The third-order valence-electron chi connectivity index (χ3n) is 2.87. The second-order valence-electron chi connectivity index (χ2n) is 3.91. The number of rotatable bonds is 2. The first-order valence-electron chi connectivity index (χ1n) is 5.21. The molecular weight excluding hydrogens is 228 g/mol. The Balaban J connectivity index is 0.00000128. The molecule has 1 aromatic rings. The second kappa shape index (κ2) is 5.32. The van der Waals surface area contributed by atoms with Gasteiger partial charge in [0.1, 0.15) is 0 Å². The van der Waals surface area contributed by atoms with Crippen LogP contribution in [0.2, 0.25) is 0 Å². The molecule has 1 aromatic heterocycles. The van der Waals surface area contributed by atoms with Crippen molar-refractivity contribution < 1.29 is 4.79 Å². The van der Waals surface area contributed by atoms with E-state index < -0.39 is 0 Å². The number of hydrogen-bond acceptors (Lipinski definition) is 3. The van der Waals surface area contributed by atoms with Gasteiger partial charge in [-0.05, 0) is 26.3 Å². The molecule has 0 bridgehead atoms. The number of aromatic nitrogens is 2. The van der Waals surface area contributed by atoms with Crippen molar-refractivity contribution in [1.29, 1.82) is 0 Å². The van der Waals surface area contributed by atoms with E-state index in [0.717, 1.165) is 30.8 Å². The summed E-state index contributed by atoms with van der Waals surface area (Å²) < 4.78 is 1.75. The fraction of sp³-hybridized carbons (Fsp3) is 0.600. The summed E-state index contributed by atoms with van der Waals surface area (Å²) in [6.07, 6.45) is 3.68. The van der Waals surface area contributed by atoms with Gasteiger partial charge in [-0.2, -0.15) is 5.10 Å². The molecule has 1 aliphatic rings. The van der Waals surface area contributed by atoms with Gasteiger partial charge in [-0.1, -0.05) is 0 Å². The van der Waals surface area contributed by atoms with Crippen molar-refractivity contribution in [3.63, 3.8) is 0 Å².